The number of alkyl halides is 2. The number of halogens is 4. The first-order chi connectivity index (χ1) is 13.8. The molecule has 29 heavy (non-hydrogen) atoms. The van der Waals surface area contributed by atoms with Gasteiger partial charge in [0.25, 0.3) is 11.8 Å². The van der Waals surface area contributed by atoms with Gasteiger partial charge in [0.1, 0.15) is 11.4 Å². The minimum absolute atomic E-state index is 0.0270. The molecule has 0 fully saturated rings. The van der Waals surface area contributed by atoms with E-state index in [9.17, 15) is 22.4 Å². The van der Waals surface area contributed by atoms with Crippen molar-refractivity contribution >= 4 is 11.7 Å². The van der Waals surface area contributed by atoms with Crippen LogP contribution in [0.2, 0.25) is 0 Å². The van der Waals surface area contributed by atoms with Gasteiger partial charge in [0.2, 0.25) is 0 Å². The number of benzene rings is 1. The number of nitrogens with zero attached hydrogens (tertiary/aromatic N) is 2. The molecule has 2 aromatic heterocycles. The highest BCUT2D eigenvalue weighted by molar-refractivity contribution is 6.04. The molecule has 1 amide bonds. The first-order valence-corrected chi connectivity index (χ1v) is 8.85. The van der Waals surface area contributed by atoms with Crippen LogP contribution < -0.4 is 5.32 Å². The average Bonchev–Trinajstić information content (AvgIpc) is 2.95. The number of carbonyl (C=O) groups is 1. The summed E-state index contributed by atoms with van der Waals surface area (Å²) in [7, 11) is 0. The van der Waals surface area contributed by atoms with Gasteiger partial charge < -0.3 is 5.32 Å². The Kier molecular flexibility index (Phi) is 4.56. The lowest BCUT2D eigenvalue weighted by Crippen LogP contribution is -2.17. The van der Waals surface area contributed by atoms with Crippen LogP contribution in [0.1, 0.15) is 33.5 Å². The molecule has 2 heterocycles. The molecule has 1 aliphatic rings. The second-order valence-corrected chi connectivity index (χ2v) is 6.89. The fourth-order valence-electron chi connectivity index (χ4n) is 3.49. The van der Waals surface area contributed by atoms with Crippen molar-refractivity contribution in [2.45, 2.75) is 25.7 Å². The lowest BCUT2D eigenvalue weighted by Gasteiger charge is -2.14. The second-order valence-electron chi connectivity index (χ2n) is 6.89. The summed E-state index contributed by atoms with van der Waals surface area (Å²) in [5, 5.41) is 2.31. The maximum Gasteiger partial charge on any atom is 0.273 e. The second kappa shape index (κ2) is 6.95. The van der Waals surface area contributed by atoms with Crippen molar-refractivity contribution < 1.29 is 22.4 Å². The summed E-state index contributed by atoms with van der Waals surface area (Å²) in [6.45, 7) is 1.83. The molecule has 0 aliphatic heterocycles. The number of amides is 1. The molecule has 0 spiro atoms. The van der Waals surface area contributed by atoms with Gasteiger partial charge in [-0.1, -0.05) is 6.07 Å². The standard InChI is InChI=1S/C21H15F4N3O/c1-11-6-12-4-5-21(24,25)15(12)7-14(11)13-2-3-18(27-8-13)28-20(29)19-16(22)9-26-10-17(19)23/h2-3,6-10H,4-5H2,1H3,(H,27,28,29). The van der Waals surface area contributed by atoms with Gasteiger partial charge in [-0.15, -0.1) is 0 Å². The van der Waals surface area contributed by atoms with E-state index in [4.69, 9.17) is 0 Å². The molecule has 3 aromatic rings. The van der Waals surface area contributed by atoms with E-state index in [0.717, 1.165) is 18.0 Å². The topological polar surface area (TPSA) is 54.9 Å². The van der Waals surface area contributed by atoms with E-state index in [1.807, 2.05) is 6.92 Å². The highest BCUT2D eigenvalue weighted by Crippen LogP contribution is 2.44. The Morgan fingerprint density at radius 3 is 2.48 bits per heavy atom. The number of hydrogen-bond acceptors (Lipinski definition) is 3. The van der Waals surface area contributed by atoms with Crippen LogP contribution in [0.4, 0.5) is 23.4 Å². The van der Waals surface area contributed by atoms with Crippen LogP contribution in [0.15, 0.2) is 42.9 Å². The molecule has 4 rings (SSSR count). The molecule has 8 heteroatoms. The van der Waals surface area contributed by atoms with Crippen LogP contribution in [0.5, 0.6) is 0 Å². The van der Waals surface area contributed by atoms with Crippen molar-refractivity contribution in [3.63, 3.8) is 0 Å². The fourth-order valence-corrected chi connectivity index (χ4v) is 3.49. The number of rotatable bonds is 3. The molecule has 0 bridgehead atoms. The van der Waals surface area contributed by atoms with E-state index in [0.29, 0.717) is 23.1 Å². The van der Waals surface area contributed by atoms with Crippen LogP contribution in [-0.4, -0.2) is 15.9 Å². The number of carbonyl (C=O) groups excluding carboxylic acids is 1. The highest BCUT2D eigenvalue weighted by Gasteiger charge is 2.39. The van der Waals surface area contributed by atoms with Crippen molar-refractivity contribution in [1.29, 1.82) is 0 Å². The number of pyridine rings is 2. The Labute approximate surface area is 163 Å². The van der Waals surface area contributed by atoms with Gasteiger partial charge in [0, 0.05) is 23.7 Å². The Bertz CT molecular complexity index is 1090. The van der Waals surface area contributed by atoms with E-state index >= 15 is 0 Å². The monoisotopic (exact) mass is 401 g/mol. The van der Waals surface area contributed by atoms with Crippen LogP contribution in [0.3, 0.4) is 0 Å². The maximum absolute atomic E-state index is 14.1. The van der Waals surface area contributed by atoms with Crippen LogP contribution in [0, 0.1) is 18.6 Å². The van der Waals surface area contributed by atoms with Crippen LogP contribution in [-0.2, 0) is 12.3 Å². The summed E-state index contributed by atoms with van der Waals surface area (Å²) in [4.78, 5) is 19.5. The minimum Gasteiger partial charge on any atom is -0.306 e. The molecule has 0 saturated carbocycles. The number of nitrogens with one attached hydrogen (secondary N) is 1. The van der Waals surface area contributed by atoms with Crippen LogP contribution in [0.25, 0.3) is 11.1 Å². The summed E-state index contributed by atoms with van der Waals surface area (Å²) >= 11 is 0. The predicted octanol–water partition coefficient (Wildman–Crippen LogP) is 5.02. The molecule has 0 saturated heterocycles. The van der Waals surface area contributed by atoms with Crippen LogP contribution >= 0.6 is 0 Å². The molecule has 1 N–H and O–H groups in total. The predicted molar refractivity (Wildman–Crippen MR) is 98.7 cm³/mol. The molecular weight excluding hydrogens is 386 g/mol. The summed E-state index contributed by atoms with van der Waals surface area (Å²) in [5.41, 5.74) is 1.95. The van der Waals surface area contributed by atoms with E-state index in [2.05, 4.69) is 15.3 Å². The van der Waals surface area contributed by atoms with Crippen molar-refractivity contribution in [3.8, 4) is 11.1 Å². The minimum atomic E-state index is -2.85. The van der Waals surface area contributed by atoms with Gasteiger partial charge in [-0.05, 0) is 48.2 Å². The number of fused-ring (bicyclic) bond motifs is 1. The number of aromatic nitrogens is 2. The summed E-state index contributed by atoms with van der Waals surface area (Å²) < 4.78 is 55.5. The molecule has 0 unspecified atom stereocenters. The lowest BCUT2D eigenvalue weighted by atomic mass is 9.96. The van der Waals surface area contributed by atoms with Gasteiger partial charge in [0.05, 0.1) is 12.4 Å². The third-order valence-corrected chi connectivity index (χ3v) is 4.95. The Morgan fingerprint density at radius 2 is 1.83 bits per heavy atom. The van der Waals surface area contributed by atoms with Crippen molar-refractivity contribution in [3.05, 3.63) is 76.7 Å². The quantitative estimate of drug-likeness (QED) is 0.627. The SMILES string of the molecule is Cc1cc2c(cc1-c1ccc(NC(=O)c3c(F)cncc3F)nc1)C(F)(F)CC2. The summed E-state index contributed by atoms with van der Waals surface area (Å²) in [6.07, 6.45) is 3.03. The zero-order valence-electron chi connectivity index (χ0n) is 15.3. The smallest absolute Gasteiger partial charge is 0.273 e. The third kappa shape index (κ3) is 3.46. The molecule has 148 valence electrons. The van der Waals surface area contributed by atoms with Crippen molar-refractivity contribution in [1.82, 2.24) is 9.97 Å². The molecule has 4 nitrogen and oxygen atoms in total. The van der Waals surface area contributed by atoms with Crippen molar-refractivity contribution in [2.24, 2.45) is 0 Å². The zero-order chi connectivity index (χ0) is 20.8. The number of aryl methyl sites for hydroxylation is 2. The first-order valence-electron chi connectivity index (χ1n) is 8.85. The third-order valence-electron chi connectivity index (χ3n) is 4.95. The number of anilines is 1. The van der Waals surface area contributed by atoms with E-state index in [1.165, 1.54) is 18.3 Å². The largest absolute Gasteiger partial charge is 0.306 e. The van der Waals surface area contributed by atoms with Gasteiger partial charge >= 0.3 is 0 Å². The highest BCUT2D eigenvalue weighted by atomic mass is 19.3. The molecule has 1 aromatic carbocycles. The molecular formula is C21H15F4N3O. The van der Waals surface area contributed by atoms with E-state index in [-0.39, 0.29) is 17.8 Å². The van der Waals surface area contributed by atoms with Gasteiger partial charge in [-0.3, -0.25) is 9.78 Å². The van der Waals surface area contributed by atoms with Gasteiger partial charge in [-0.2, -0.15) is 0 Å². The normalized spacial score (nSPS) is 14.5. The van der Waals surface area contributed by atoms with E-state index in [1.54, 1.807) is 12.1 Å². The maximum atomic E-state index is 14.1. The molecule has 1 aliphatic carbocycles. The van der Waals surface area contributed by atoms with Crippen molar-refractivity contribution in [2.75, 3.05) is 5.32 Å². The first kappa shape index (κ1) is 19.0. The van der Waals surface area contributed by atoms with Gasteiger partial charge in [-0.25, -0.2) is 22.5 Å². The average molecular weight is 401 g/mol. The fraction of sp³-hybridized carbons (Fsp3) is 0.190. The Balaban J connectivity index is 1.60. The Hall–Kier alpha value is -3.29. The molecule has 0 radical (unpaired) electrons. The lowest BCUT2D eigenvalue weighted by molar-refractivity contribution is -0.00181. The van der Waals surface area contributed by atoms with E-state index < -0.39 is 29.0 Å². The summed E-state index contributed by atoms with van der Waals surface area (Å²) in [6, 6.07) is 6.28. The summed E-state index contributed by atoms with van der Waals surface area (Å²) in [5.74, 6) is -5.96. The van der Waals surface area contributed by atoms with Gasteiger partial charge in [0.15, 0.2) is 11.6 Å². The zero-order valence-corrected chi connectivity index (χ0v) is 15.3. The Morgan fingerprint density at radius 1 is 1.10 bits per heavy atom. The molecule has 0 atom stereocenters. The number of hydrogen-bond donors (Lipinski definition) is 1.